The van der Waals surface area contributed by atoms with Crippen LogP contribution in [0.1, 0.15) is 40.5 Å². The van der Waals surface area contributed by atoms with Crippen LogP contribution in [0.5, 0.6) is 0 Å². The summed E-state index contributed by atoms with van der Waals surface area (Å²) >= 11 is 0. The molecule has 0 unspecified atom stereocenters. The molecule has 0 aromatic rings. The Hall–Kier alpha value is -0.770. The molecule has 1 aliphatic heterocycles. The Morgan fingerprint density at radius 1 is 1.50 bits per heavy atom. The van der Waals surface area contributed by atoms with Gasteiger partial charge in [0.15, 0.2) is 0 Å². The molecular formula is C12H23NO3. The number of ether oxygens (including phenoxy) is 1. The molecule has 4 heteroatoms. The molecule has 16 heavy (non-hydrogen) atoms. The zero-order chi connectivity index (χ0) is 12.3. The van der Waals surface area contributed by atoms with Crippen molar-refractivity contribution in [3.8, 4) is 0 Å². The molecule has 0 bridgehead atoms. The number of carbonyl (C=O) groups excluding carboxylic acids is 1. The highest BCUT2D eigenvalue weighted by molar-refractivity contribution is 5.69. The van der Waals surface area contributed by atoms with Crippen molar-refractivity contribution in [2.75, 3.05) is 13.2 Å². The van der Waals surface area contributed by atoms with E-state index in [1.807, 2.05) is 20.8 Å². The van der Waals surface area contributed by atoms with Crippen molar-refractivity contribution < 1.29 is 14.6 Å². The summed E-state index contributed by atoms with van der Waals surface area (Å²) in [6.07, 6.45) is 1.62. The van der Waals surface area contributed by atoms with Gasteiger partial charge in [0, 0.05) is 6.54 Å². The Kier molecular flexibility index (Phi) is 4.19. The minimum Gasteiger partial charge on any atom is -0.444 e. The highest BCUT2D eigenvalue weighted by atomic mass is 16.6. The van der Waals surface area contributed by atoms with Crippen molar-refractivity contribution in [2.45, 2.75) is 52.2 Å². The third-order valence-electron chi connectivity index (χ3n) is 2.92. The normalized spacial score (nSPS) is 25.9. The number of hydrogen-bond donors (Lipinski definition) is 1. The first kappa shape index (κ1) is 13.3. The van der Waals surface area contributed by atoms with E-state index < -0.39 is 5.60 Å². The van der Waals surface area contributed by atoms with Crippen LogP contribution in [0.4, 0.5) is 4.79 Å². The minimum atomic E-state index is -0.471. The standard InChI is InChI=1S/C12H23NO3/c1-5-9-6-10(8-14)13(7-9)11(15)16-12(2,3)4/h9-10,14H,5-8H2,1-4H3/t9-,10-/m0/s1. The number of rotatable bonds is 2. The van der Waals surface area contributed by atoms with E-state index in [1.165, 1.54) is 0 Å². The van der Waals surface area contributed by atoms with E-state index in [0.717, 1.165) is 12.8 Å². The van der Waals surface area contributed by atoms with Gasteiger partial charge in [0.2, 0.25) is 0 Å². The molecule has 1 amide bonds. The summed E-state index contributed by atoms with van der Waals surface area (Å²) in [5.41, 5.74) is -0.471. The van der Waals surface area contributed by atoms with Crippen LogP contribution < -0.4 is 0 Å². The fourth-order valence-corrected chi connectivity index (χ4v) is 2.03. The topological polar surface area (TPSA) is 49.8 Å². The van der Waals surface area contributed by atoms with E-state index in [2.05, 4.69) is 6.92 Å². The zero-order valence-corrected chi connectivity index (χ0v) is 10.7. The maximum absolute atomic E-state index is 11.9. The van der Waals surface area contributed by atoms with Crippen LogP contribution in [0.3, 0.4) is 0 Å². The van der Waals surface area contributed by atoms with Crippen molar-refractivity contribution in [3.05, 3.63) is 0 Å². The second-order valence-corrected chi connectivity index (χ2v) is 5.48. The summed E-state index contributed by atoms with van der Waals surface area (Å²) in [5.74, 6) is 0.490. The number of likely N-dealkylation sites (tertiary alicyclic amines) is 1. The van der Waals surface area contributed by atoms with Gasteiger partial charge in [-0.1, -0.05) is 13.3 Å². The van der Waals surface area contributed by atoms with Crippen molar-refractivity contribution in [3.63, 3.8) is 0 Å². The molecule has 0 radical (unpaired) electrons. The van der Waals surface area contributed by atoms with Gasteiger partial charge in [0.25, 0.3) is 0 Å². The quantitative estimate of drug-likeness (QED) is 0.788. The average Bonchev–Trinajstić information content (AvgIpc) is 2.58. The van der Waals surface area contributed by atoms with Gasteiger partial charge in [-0.15, -0.1) is 0 Å². The number of amides is 1. The van der Waals surface area contributed by atoms with E-state index in [4.69, 9.17) is 4.74 Å². The van der Waals surface area contributed by atoms with E-state index in [-0.39, 0.29) is 18.7 Å². The lowest BCUT2D eigenvalue weighted by Crippen LogP contribution is -2.41. The van der Waals surface area contributed by atoms with Crippen LogP contribution in [0, 0.1) is 5.92 Å². The van der Waals surface area contributed by atoms with E-state index >= 15 is 0 Å². The zero-order valence-electron chi connectivity index (χ0n) is 10.7. The number of aliphatic hydroxyl groups excluding tert-OH is 1. The number of aliphatic hydroxyl groups is 1. The SMILES string of the molecule is CC[C@H]1C[C@@H](CO)N(C(=O)OC(C)(C)C)C1. The maximum atomic E-state index is 11.9. The van der Waals surface area contributed by atoms with Crippen molar-refractivity contribution in [2.24, 2.45) is 5.92 Å². The van der Waals surface area contributed by atoms with Crippen LogP contribution in [0.25, 0.3) is 0 Å². The molecule has 0 saturated carbocycles. The maximum Gasteiger partial charge on any atom is 0.410 e. The third-order valence-corrected chi connectivity index (χ3v) is 2.92. The Morgan fingerprint density at radius 2 is 2.12 bits per heavy atom. The predicted octanol–water partition coefficient (Wildman–Crippen LogP) is 2.01. The summed E-state index contributed by atoms with van der Waals surface area (Å²) in [4.78, 5) is 13.6. The van der Waals surface area contributed by atoms with Gasteiger partial charge in [-0.25, -0.2) is 4.79 Å². The van der Waals surface area contributed by atoms with Gasteiger partial charge in [-0.05, 0) is 33.1 Å². The molecule has 2 atom stereocenters. The van der Waals surface area contributed by atoms with E-state index in [0.29, 0.717) is 12.5 Å². The third kappa shape index (κ3) is 3.37. The van der Waals surface area contributed by atoms with Crippen LogP contribution in [0.2, 0.25) is 0 Å². The fourth-order valence-electron chi connectivity index (χ4n) is 2.03. The summed E-state index contributed by atoms with van der Waals surface area (Å²) in [7, 11) is 0. The smallest absolute Gasteiger partial charge is 0.410 e. The lowest BCUT2D eigenvalue weighted by Gasteiger charge is -2.27. The second kappa shape index (κ2) is 5.04. The molecule has 1 N–H and O–H groups in total. The summed E-state index contributed by atoms with van der Waals surface area (Å²) < 4.78 is 5.32. The van der Waals surface area contributed by atoms with Crippen LogP contribution in [0.15, 0.2) is 0 Å². The fraction of sp³-hybridized carbons (Fsp3) is 0.917. The molecular weight excluding hydrogens is 206 g/mol. The molecule has 1 saturated heterocycles. The van der Waals surface area contributed by atoms with Crippen molar-refractivity contribution >= 4 is 6.09 Å². The van der Waals surface area contributed by atoms with Gasteiger partial charge in [-0.2, -0.15) is 0 Å². The van der Waals surface area contributed by atoms with E-state index in [1.54, 1.807) is 4.90 Å². The summed E-state index contributed by atoms with van der Waals surface area (Å²) in [6, 6.07) is -0.0696. The first-order valence-corrected chi connectivity index (χ1v) is 5.97. The minimum absolute atomic E-state index is 0.0236. The van der Waals surface area contributed by atoms with Crippen LogP contribution >= 0.6 is 0 Å². The number of nitrogens with zero attached hydrogens (tertiary/aromatic N) is 1. The molecule has 1 heterocycles. The van der Waals surface area contributed by atoms with Gasteiger partial charge in [0.05, 0.1) is 12.6 Å². The van der Waals surface area contributed by atoms with Crippen molar-refractivity contribution in [1.82, 2.24) is 4.90 Å². The Morgan fingerprint density at radius 3 is 2.56 bits per heavy atom. The molecule has 0 aromatic carbocycles. The van der Waals surface area contributed by atoms with Crippen LogP contribution in [-0.2, 0) is 4.74 Å². The van der Waals surface area contributed by atoms with E-state index in [9.17, 15) is 9.90 Å². The molecule has 0 aromatic heterocycles. The average molecular weight is 229 g/mol. The Labute approximate surface area is 97.6 Å². The molecule has 94 valence electrons. The molecule has 4 nitrogen and oxygen atoms in total. The van der Waals surface area contributed by atoms with Gasteiger partial charge in [-0.3, -0.25) is 0 Å². The molecule has 0 spiro atoms. The summed E-state index contributed by atoms with van der Waals surface area (Å²) in [6.45, 7) is 8.40. The highest BCUT2D eigenvalue weighted by Gasteiger charge is 2.36. The summed E-state index contributed by atoms with van der Waals surface area (Å²) in [5, 5.41) is 9.25. The largest absolute Gasteiger partial charge is 0.444 e. The molecule has 0 aliphatic carbocycles. The number of hydrogen-bond acceptors (Lipinski definition) is 3. The van der Waals surface area contributed by atoms with Gasteiger partial charge < -0.3 is 14.7 Å². The first-order chi connectivity index (χ1) is 7.37. The monoisotopic (exact) mass is 229 g/mol. The Balaban J connectivity index is 2.61. The second-order valence-electron chi connectivity index (χ2n) is 5.48. The number of carbonyl (C=O) groups is 1. The molecule has 1 rings (SSSR count). The van der Waals surface area contributed by atoms with Crippen molar-refractivity contribution in [1.29, 1.82) is 0 Å². The van der Waals surface area contributed by atoms with Gasteiger partial charge >= 0.3 is 6.09 Å². The predicted molar refractivity (Wildman–Crippen MR) is 62.2 cm³/mol. The first-order valence-electron chi connectivity index (χ1n) is 5.97. The lowest BCUT2D eigenvalue weighted by molar-refractivity contribution is 0.0172. The van der Waals surface area contributed by atoms with Crippen LogP contribution in [-0.4, -0.2) is 40.9 Å². The Bertz CT molecular complexity index is 247. The lowest BCUT2D eigenvalue weighted by atomic mass is 10.0. The van der Waals surface area contributed by atoms with Gasteiger partial charge in [0.1, 0.15) is 5.60 Å². The highest BCUT2D eigenvalue weighted by Crippen LogP contribution is 2.26. The molecule has 1 fully saturated rings. The molecule has 1 aliphatic rings.